The molecule has 2 saturated carbocycles. The van der Waals surface area contributed by atoms with Gasteiger partial charge in [0.25, 0.3) is 0 Å². The molecule has 3 rings (SSSR count). The second-order valence-electron chi connectivity index (χ2n) is 5.14. The Bertz CT molecular complexity index is 359. The maximum atomic E-state index is 3.91. The van der Waals surface area contributed by atoms with Crippen molar-refractivity contribution < 1.29 is 0 Å². The van der Waals surface area contributed by atoms with E-state index in [9.17, 15) is 0 Å². The van der Waals surface area contributed by atoms with Gasteiger partial charge in [-0.25, -0.2) is 0 Å². The van der Waals surface area contributed by atoms with E-state index >= 15 is 0 Å². The molecule has 0 heterocycles. The topological polar surface area (TPSA) is 0 Å². The first-order valence-corrected chi connectivity index (χ1v) is 7.88. The molecule has 16 heavy (non-hydrogen) atoms. The fourth-order valence-corrected chi connectivity index (χ4v) is 4.70. The van der Waals surface area contributed by atoms with Crippen LogP contribution in [0.4, 0.5) is 0 Å². The Balaban J connectivity index is 1.74. The zero-order valence-corrected chi connectivity index (χ0v) is 12.4. The van der Waals surface area contributed by atoms with Gasteiger partial charge >= 0.3 is 0 Å². The molecule has 1 aromatic carbocycles. The Morgan fingerprint density at radius 2 is 1.56 bits per heavy atom. The maximum absolute atomic E-state index is 3.91. The summed E-state index contributed by atoms with van der Waals surface area (Å²) in [7, 11) is 0. The van der Waals surface area contributed by atoms with Crippen LogP contribution in [0.1, 0.15) is 36.1 Å². The molecule has 0 nitrogen and oxygen atoms in total. The lowest BCUT2D eigenvalue weighted by Crippen LogP contribution is -1.94. The highest BCUT2D eigenvalue weighted by atomic mass is 79.9. The summed E-state index contributed by atoms with van der Waals surface area (Å²) in [5.74, 6) is 2.94. The van der Waals surface area contributed by atoms with Crippen LogP contribution in [0.5, 0.6) is 0 Å². The molecule has 0 radical (unpaired) electrons. The molecule has 2 aliphatic carbocycles. The number of hydrogen-bond donors (Lipinski definition) is 0. The first kappa shape index (κ1) is 11.3. The number of halogens is 2. The SMILES string of the molecule is Brc1ccc(C(Br)C2C3CCCCC32)cc1. The van der Waals surface area contributed by atoms with Crippen LogP contribution >= 0.6 is 31.9 Å². The van der Waals surface area contributed by atoms with E-state index in [1.54, 1.807) is 0 Å². The highest BCUT2D eigenvalue weighted by molar-refractivity contribution is 9.10. The summed E-state index contributed by atoms with van der Waals surface area (Å²) in [6, 6.07) is 8.78. The molecule has 2 fully saturated rings. The van der Waals surface area contributed by atoms with Gasteiger partial charge in [0.1, 0.15) is 0 Å². The highest BCUT2D eigenvalue weighted by Gasteiger charge is 2.53. The molecule has 0 saturated heterocycles. The number of alkyl halides is 1. The molecular formula is C14H16Br2. The van der Waals surface area contributed by atoms with Crippen LogP contribution in [0.2, 0.25) is 0 Å². The molecule has 0 spiro atoms. The first-order chi connectivity index (χ1) is 7.77. The van der Waals surface area contributed by atoms with Crippen LogP contribution < -0.4 is 0 Å². The molecule has 0 N–H and O–H groups in total. The minimum atomic E-state index is 0.577. The van der Waals surface area contributed by atoms with E-state index in [0.717, 1.165) is 17.8 Å². The van der Waals surface area contributed by atoms with Crippen molar-refractivity contribution in [3.8, 4) is 0 Å². The Morgan fingerprint density at radius 1 is 1.00 bits per heavy atom. The predicted molar refractivity (Wildman–Crippen MR) is 74.7 cm³/mol. The average Bonchev–Trinajstić information content (AvgIpc) is 3.03. The summed E-state index contributed by atoms with van der Waals surface area (Å²) in [4.78, 5) is 0.577. The Hall–Kier alpha value is 0.180. The molecule has 0 aromatic heterocycles. The van der Waals surface area contributed by atoms with Crippen molar-refractivity contribution in [1.29, 1.82) is 0 Å². The minimum Gasteiger partial charge on any atom is -0.0836 e. The van der Waals surface area contributed by atoms with Gasteiger partial charge in [0.05, 0.1) is 0 Å². The van der Waals surface area contributed by atoms with Crippen molar-refractivity contribution in [2.45, 2.75) is 30.5 Å². The Morgan fingerprint density at radius 3 is 2.12 bits per heavy atom. The lowest BCUT2D eigenvalue weighted by molar-refractivity contribution is 0.480. The van der Waals surface area contributed by atoms with Gasteiger partial charge in [0, 0.05) is 9.30 Å². The van der Waals surface area contributed by atoms with Crippen molar-refractivity contribution in [1.82, 2.24) is 0 Å². The number of fused-ring (bicyclic) bond motifs is 1. The molecule has 1 aromatic rings. The molecule has 3 unspecified atom stereocenters. The quantitative estimate of drug-likeness (QED) is 0.637. The molecule has 3 atom stereocenters. The van der Waals surface area contributed by atoms with Gasteiger partial charge in [-0.15, -0.1) is 0 Å². The fourth-order valence-electron chi connectivity index (χ4n) is 3.35. The summed E-state index contributed by atoms with van der Waals surface area (Å²) in [5.41, 5.74) is 1.45. The van der Waals surface area contributed by atoms with E-state index in [1.165, 1.54) is 35.7 Å². The summed E-state index contributed by atoms with van der Waals surface area (Å²) >= 11 is 7.41. The largest absolute Gasteiger partial charge is 0.0836 e. The van der Waals surface area contributed by atoms with E-state index in [0.29, 0.717) is 4.83 Å². The van der Waals surface area contributed by atoms with Crippen LogP contribution in [0.3, 0.4) is 0 Å². The lowest BCUT2D eigenvalue weighted by Gasteiger charge is -2.09. The van der Waals surface area contributed by atoms with Gasteiger partial charge in [-0.05, 0) is 48.3 Å². The van der Waals surface area contributed by atoms with Crippen LogP contribution in [-0.2, 0) is 0 Å². The van der Waals surface area contributed by atoms with Crippen LogP contribution in [0.25, 0.3) is 0 Å². The van der Waals surface area contributed by atoms with Crippen LogP contribution in [-0.4, -0.2) is 0 Å². The fraction of sp³-hybridized carbons (Fsp3) is 0.571. The van der Waals surface area contributed by atoms with E-state index < -0.39 is 0 Å². The monoisotopic (exact) mass is 342 g/mol. The number of hydrogen-bond acceptors (Lipinski definition) is 0. The van der Waals surface area contributed by atoms with Gasteiger partial charge in [0.15, 0.2) is 0 Å². The summed E-state index contributed by atoms with van der Waals surface area (Å²) in [5, 5.41) is 0. The van der Waals surface area contributed by atoms with Crippen molar-refractivity contribution in [2.24, 2.45) is 17.8 Å². The minimum absolute atomic E-state index is 0.577. The Labute approximate surface area is 114 Å². The van der Waals surface area contributed by atoms with Crippen molar-refractivity contribution in [3.05, 3.63) is 34.3 Å². The van der Waals surface area contributed by atoms with Gasteiger partial charge in [0.2, 0.25) is 0 Å². The predicted octanol–water partition coefficient (Wildman–Crippen LogP) is 5.32. The first-order valence-electron chi connectivity index (χ1n) is 6.17. The van der Waals surface area contributed by atoms with E-state index in [4.69, 9.17) is 0 Å². The second-order valence-corrected chi connectivity index (χ2v) is 7.05. The highest BCUT2D eigenvalue weighted by Crippen LogP contribution is 2.62. The summed E-state index contributed by atoms with van der Waals surface area (Å²) in [6.07, 6.45) is 5.84. The van der Waals surface area contributed by atoms with E-state index in [-0.39, 0.29) is 0 Å². The number of rotatable bonds is 2. The molecular weight excluding hydrogens is 328 g/mol. The van der Waals surface area contributed by atoms with E-state index in [1.807, 2.05) is 0 Å². The Kier molecular flexibility index (Phi) is 3.14. The third-order valence-electron chi connectivity index (χ3n) is 4.25. The lowest BCUT2D eigenvalue weighted by atomic mass is 10.0. The molecule has 0 aliphatic heterocycles. The van der Waals surface area contributed by atoms with Gasteiger partial charge in [-0.3, -0.25) is 0 Å². The third-order valence-corrected chi connectivity index (χ3v) is 5.92. The average molecular weight is 344 g/mol. The van der Waals surface area contributed by atoms with Crippen molar-refractivity contribution in [2.75, 3.05) is 0 Å². The van der Waals surface area contributed by atoms with Gasteiger partial charge in [-0.2, -0.15) is 0 Å². The standard InChI is InChI=1S/C14H16Br2/c15-10-7-5-9(6-8-10)14(16)13-11-3-1-2-4-12(11)13/h5-8,11-14H,1-4H2. The van der Waals surface area contributed by atoms with Gasteiger partial charge in [-0.1, -0.05) is 56.8 Å². The van der Waals surface area contributed by atoms with Crippen molar-refractivity contribution in [3.63, 3.8) is 0 Å². The number of benzene rings is 1. The molecule has 2 aliphatic rings. The van der Waals surface area contributed by atoms with E-state index in [2.05, 4.69) is 56.1 Å². The molecule has 0 amide bonds. The van der Waals surface area contributed by atoms with Crippen molar-refractivity contribution >= 4 is 31.9 Å². The third kappa shape index (κ3) is 1.99. The second kappa shape index (κ2) is 4.45. The van der Waals surface area contributed by atoms with Crippen LogP contribution in [0.15, 0.2) is 28.7 Å². The zero-order valence-electron chi connectivity index (χ0n) is 9.20. The molecule has 86 valence electrons. The summed E-state index contributed by atoms with van der Waals surface area (Å²) in [6.45, 7) is 0. The smallest absolute Gasteiger partial charge is 0.0429 e. The molecule has 0 bridgehead atoms. The normalized spacial score (nSPS) is 34.2. The maximum Gasteiger partial charge on any atom is 0.0429 e. The summed E-state index contributed by atoms with van der Waals surface area (Å²) < 4.78 is 1.17. The zero-order chi connectivity index (χ0) is 11.1. The molecule has 2 heteroatoms. The van der Waals surface area contributed by atoms with Crippen LogP contribution in [0, 0.1) is 17.8 Å². The van der Waals surface area contributed by atoms with Gasteiger partial charge < -0.3 is 0 Å².